The number of hydrogen-bond acceptors (Lipinski definition) is 4. The Labute approximate surface area is 126 Å². The van der Waals surface area contributed by atoms with Crippen LogP contribution in [0.25, 0.3) is 0 Å². The van der Waals surface area contributed by atoms with E-state index in [4.69, 9.17) is 16.9 Å². The molecular weight excluding hydrogens is 272 g/mol. The molecule has 2 rings (SSSR count). The Balaban J connectivity index is 1.91. The summed E-state index contributed by atoms with van der Waals surface area (Å²) < 4.78 is 0. The van der Waals surface area contributed by atoms with E-state index in [0.717, 1.165) is 45.0 Å². The minimum Gasteiger partial charge on any atom is -0.369 e. The molecular formula is C15H21ClN4. The molecule has 0 spiro atoms. The van der Waals surface area contributed by atoms with E-state index in [0.29, 0.717) is 10.6 Å². The zero-order chi connectivity index (χ0) is 14.5. The summed E-state index contributed by atoms with van der Waals surface area (Å²) in [4.78, 5) is 7.04. The Morgan fingerprint density at radius 2 is 1.95 bits per heavy atom. The molecule has 0 aliphatic carbocycles. The van der Waals surface area contributed by atoms with Crippen molar-refractivity contribution < 1.29 is 0 Å². The highest BCUT2D eigenvalue weighted by Gasteiger charge is 2.17. The number of piperazine rings is 1. The fraction of sp³-hybridized carbons (Fsp3) is 0.533. The van der Waals surface area contributed by atoms with Crippen LogP contribution in [0.2, 0.25) is 5.02 Å². The van der Waals surface area contributed by atoms with Gasteiger partial charge in [-0.05, 0) is 32.3 Å². The molecule has 0 N–H and O–H groups in total. The van der Waals surface area contributed by atoms with Gasteiger partial charge in [0.2, 0.25) is 0 Å². The lowest BCUT2D eigenvalue weighted by Gasteiger charge is -2.36. The van der Waals surface area contributed by atoms with Gasteiger partial charge >= 0.3 is 0 Å². The number of rotatable bonds is 4. The number of anilines is 1. The molecule has 4 nitrogen and oxygen atoms in total. The summed E-state index contributed by atoms with van der Waals surface area (Å²) in [6, 6.07) is 7.78. The monoisotopic (exact) mass is 292 g/mol. The van der Waals surface area contributed by atoms with Crippen molar-refractivity contribution in [2.75, 3.05) is 58.3 Å². The molecule has 0 unspecified atom stereocenters. The number of nitriles is 1. The molecule has 0 aromatic heterocycles. The van der Waals surface area contributed by atoms with Gasteiger partial charge < -0.3 is 9.80 Å². The Kier molecular flexibility index (Phi) is 5.24. The Morgan fingerprint density at radius 1 is 1.25 bits per heavy atom. The third-order valence-corrected chi connectivity index (χ3v) is 3.99. The number of halogens is 1. The van der Waals surface area contributed by atoms with Crippen LogP contribution in [-0.2, 0) is 0 Å². The van der Waals surface area contributed by atoms with E-state index in [9.17, 15) is 0 Å². The lowest BCUT2D eigenvalue weighted by molar-refractivity contribution is 0.229. The van der Waals surface area contributed by atoms with E-state index >= 15 is 0 Å². The molecule has 1 aliphatic heterocycles. The number of likely N-dealkylation sites (N-methyl/N-ethyl adjacent to an activating group) is 1. The van der Waals surface area contributed by atoms with Gasteiger partial charge in [-0.2, -0.15) is 5.26 Å². The molecule has 0 radical (unpaired) electrons. The second-order valence-corrected chi connectivity index (χ2v) is 5.82. The summed E-state index contributed by atoms with van der Waals surface area (Å²) in [5.41, 5.74) is 1.65. The van der Waals surface area contributed by atoms with Gasteiger partial charge in [0.25, 0.3) is 0 Å². The van der Waals surface area contributed by atoms with Crippen LogP contribution < -0.4 is 4.90 Å². The Hall–Kier alpha value is -1.28. The first-order valence-electron chi connectivity index (χ1n) is 6.92. The van der Waals surface area contributed by atoms with Crippen LogP contribution in [0.3, 0.4) is 0 Å². The average molecular weight is 293 g/mol. The molecule has 1 aliphatic rings. The van der Waals surface area contributed by atoms with Crippen molar-refractivity contribution in [1.29, 1.82) is 5.26 Å². The predicted octanol–water partition coefficient (Wildman–Crippen LogP) is 1.90. The maximum atomic E-state index is 8.90. The lowest BCUT2D eigenvalue weighted by atomic mass is 10.2. The van der Waals surface area contributed by atoms with E-state index in [1.54, 1.807) is 6.07 Å². The van der Waals surface area contributed by atoms with Crippen LogP contribution in [0.1, 0.15) is 5.56 Å². The lowest BCUT2D eigenvalue weighted by Crippen LogP contribution is -2.48. The van der Waals surface area contributed by atoms with Crippen molar-refractivity contribution in [3.63, 3.8) is 0 Å². The van der Waals surface area contributed by atoms with Crippen molar-refractivity contribution in [3.8, 4) is 6.07 Å². The van der Waals surface area contributed by atoms with E-state index < -0.39 is 0 Å². The van der Waals surface area contributed by atoms with Gasteiger partial charge in [-0.1, -0.05) is 11.6 Å². The molecule has 5 heteroatoms. The first kappa shape index (κ1) is 15.1. The highest BCUT2D eigenvalue weighted by atomic mass is 35.5. The standard InChI is InChI=1S/C15H21ClN4/c1-18(2)5-6-19-7-9-20(10-8-19)14-4-3-13(12-17)15(16)11-14/h3-4,11H,5-10H2,1-2H3. The molecule has 1 saturated heterocycles. The van der Waals surface area contributed by atoms with E-state index in [1.807, 2.05) is 12.1 Å². The SMILES string of the molecule is CN(C)CCN1CCN(c2ccc(C#N)c(Cl)c2)CC1. The molecule has 1 heterocycles. The molecule has 20 heavy (non-hydrogen) atoms. The summed E-state index contributed by atoms with van der Waals surface area (Å²) in [5.74, 6) is 0. The quantitative estimate of drug-likeness (QED) is 0.849. The average Bonchev–Trinajstić information content (AvgIpc) is 2.45. The highest BCUT2D eigenvalue weighted by Crippen LogP contribution is 2.24. The van der Waals surface area contributed by atoms with Crippen LogP contribution in [0, 0.1) is 11.3 Å². The van der Waals surface area contributed by atoms with Crippen molar-refractivity contribution in [1.82, 2.24) is 9.80 Å². The van der Waals surface area contributed by atoms with E-state index in [1.165, 1.54) is 0 Å². The molecule has 1 aromatic carbocycles. The fourth-order valence-electron chi connectivity index (χ4n) is 2.36. The molecule has 0 amide bonds. The first-order chi connectivity index (χ1) is 9.60. The number of benzene rings is 1. The molecule has 0 atom stereocenters. The molecule has 0 bridgehead atoms. The van der Waals surface area contributed by atoms with Gasteiger partial charge in [0.1, 0.15) is 6.07 Å². The van der Waals surface area contributed by atoms with Crippen LogP contribution in [-0.4, -0.2) is 63.2 Å². The fourth-order valence-corrected chi connectivity index (χ4v) is 2.58. The number of hydrogen-bond donors (Lipinski definition) is 0. The first-order valence-corrected chi connectivity index (χ1v) is 7.29. The minimum atomic E-state index is 0.542. The third-order valence-electron chi connectivity index (χ3n) is 3.67. The zero-order valence-corrected chi connectivity index (χ0v) is 12.9. The summed E-state index contributed by atoms with van der Waals surface area (Å²) in [6.07, 6.45) is 0. The normalized spacial score (nSPS) is 16.4. The van der Waals surface area contributed by atoms with Gasteiger partial charge in [-0.3, -0.25) is 4.90 Å². The molecule has 0 saturated carbocycles. The summed E-state index contributed by atoms with van der Waals surface area (Å²) in [5, 5.41) is 9.44. The summed E-state index contributed by atoms with van der Waals surface area (Å²) in [6.45, 7) is 6.39. The van der Waals surface area contributed by atoms with Gasteiger partial charge in [0.05, 0.1) is 10.6 Å². The van der Waals surface area contributed by atoms with Crippen molar-refractivity contribution in [2.45, 2.75) is 0 Å². The third kappa shape index (κ3) is 3.86. The van der Waals surface area contributed by atoms with E-state index in [2.05, 4.69) is 34.9 Å². The van der Waals surface area contributed by atoms with Crippen molar-refractivity contribution in [2.24, 2.45) is 0 Å². The molecule has 108 valence electrons. The van der Waals surface area contributed by atoms with Gasteiger partial charge in [-0.15, -0.1) is 0 Å². The second-order valence-electron chi connectivity index (χ2n) is 5.41. The van der Waals surface area contributed by atoms with Gasteiger partial charge in [0, 0.05) is 45.0 Å². The highest BCUT2D eigenvalue weighted by molar-refractivity contribution is 6.32. The van der Waals surface area contributed by atoms with Gasteiger partial charge in [0.15, 0.2) is 0 Å². The summed E-state index contributed by atoms with van der Waals surface area (Å²) >= 11 is 6.10. The zero-order valence-electron chi connectivity index (χ0n) is 12.1. The van der Waals surface area contributed by atoms with Crippen LogP contribution in [0.5, 0.6) is 0 Å². The maximum absolute atomic E-state index is 8.90. The predicted molar refractivity (Wildman–Crippen MR) is 83.4 cm³/mol. The minimum absolute atomic E-state index is 0.542. The molecule has 1 fully saturated rings. The maximum Gasteiger partial charge on any atom is 0.101 e. The van der Waals surface area contributed by atoms with Crippen LogP contribution in [0.15, 0.2) is 18.2 Å². The Bertz CT molecular complexity index is 487. The van der Waals surface area contributed by atoms with Crippen molar-refractivity contribution >= 4 is 17.3 Å². The van der Waals surface area contributed by atoms with Gasteiger partial charge in [-0.25, -0.2) is 0 Å². The van der Waals surface area contributed by atoms with Crippen molar-refractivity contribution in [3.05, 3.63) is 28.8 Å². The van der Waals surface area contributed by atoms with Crippen LogP contribution in [0.4, 0.5) is 5.69 Å². The smallest absolute Gasteiger partial charge is 0.101 e. The molecule has 1 aromatic rings. The number of nitrogens with zero attached hydrogens (tertiary/aromatic N) is 4. The van der Waals surface area contributed by atoms with E-state index in [-0.39, 0.29) is 0 Å². The largest absolute Gasteiger partial charge is 0.369 e. The second kappa shape index (κ2) is 6.94. The van der Waals surface area contributed by atoms with Crippen LogP contribution >= 0.6 is 11.6 Å². The topological polar surface area (TPSA) is 33.5 Å². The Morgan fingerprint density at radius 3 is 2.50 bits per heavy atom. The summed E-state index contributed by atoms with van der Waals surface area (Å²) in [7, 11) is 4.21.